The van der Waals surface area contributed by atoms with E-state index in [1.54, 1.807) is 43.5 Å². The number of carbonyl (C=O) groups excluding carboxylic acids is 2. The molecule has 4 rings (SSSR count). The largest absolute Gasteiger partial charge is 0.497 e. The van der Waals surface area contributed by atoms with Crippen molar-refractivity contribution in [3.63, 3.8) is 0 Å². The number of halogens is 1. The molecule has 2 amide bonds. The first-order chi connectivity index (χ1) is 15.5. The van der Waals surface area contributed by atoms with Crippen LogP contribution in [0, 0.1) is 6.92 Å². The smallest absolute Gasteiger partial charge is 0.278 e. The normalized spacial score (nSPS) is 13.7. The van der Waals surface area contributed by atoms with Gasteiger partial charge in [-0.2, -0.15) is 0 Å². The lowest BCUT2D eigenvalue weighted by Gasteiger charge is -2.16. The third-order valence-corrected chi connectivity index (χ3v) is 5.71. The highest BCUT2D eigenvalue weighted by atomic mass is 35.5. The van der Waals surface area contributed by atoms with Crippen LogP contribution in [0.3, 0.4) is 0 Å². The van der Waals surface area contributed by atoms with Crippen molar-refractivity contribution in [3.8, 4) is 5.75 Å². The molecule has 0 spiro atoms. The standard InChI is InChI=1S/C26H23ClN2O3/c1-17-8-11-20(27)16-22(17)28-24-23(19-9-12-21(32-2)13-10-19)25(30)29(26(24)31)15-14-18-6-4-3-5-7-18/h3-13,16,28H,14-15H2,1-2H3. The van der Waals surface area contributed by atoms with Crippen molar-refractivity contribution in [2.24, 2.45) is 0 Å². The molecule has 0 bridgehead atoms. The summed E-state index contributed by atoms with van der Waals surface area (Å²) < 4.78 is 5.23. The maximum absolute atomic E-state index is 13.4. The van der Waals surface area contributed by atoms with Gasteiger partial charge in [-0.05, 0) is 54.3 Å². The van der Waals surface area contributed by atoms with Crippen LogP contribution in [0.25, 0.3) is 5.57 Å². The molecule has 5 nitrogen and oxygen atoms in total. The summed E-state index contributed by atoms with van der Waals surface area (Å²) in [6.45, 7) is 2.21. The second-order valence-corrected chi connectivity index (χ2v) is 8.00. The van der Waals surface area contributed by atoms with Crippen molar-refractivity contribution in [1.29, 1.82) is 0 Å². The molecule has 0 atom stereocenters. The fraction of sp³-hybridized carbons (Fsp3) is 0.154. The van der Waals surface area contributed by atoms with Crippen molar-refractivity contribution in [1.82, 2.24) is 4.90 Å². The second kappa shape index (κ2) is 9.28. The van der Waals surface area contributed by atoms with Crippen molar-refractivity contribution < 1.29 is 14.3 Å². The minimum atomic E-state index is -0.351. The van der Waals surface area contributed by atoms with Gasteiger partial charge in [0.25, 0.3) is 11.8 Å². The summed E-state index contributed by atoms with van der Waals surface area (Å²) in [5.41, 5.74) is 3.90. The summed E-state index contributed by atoms with van der Waals surface area (Å²) in [7, 11) is 1.58. The average Bonchev–Trinajstić information content (AvgIpc) is 3.04. The number of nitrogens with one attached hydrogen (secondary N) is 1. The highest BCUT2D eigenvalue weighted by molar-refractivity contribution is 6.36. The van der Waals surface area contributed by atoms with Gasteiger partial charge in [0.2, 0.25) is 0 Å². The van der Waals surface area contributed by atoms with Crippen LogP contribution in [-0.4, -0.2) is 30.4 Å². The lowest BCUT2D eigenvalue weighted by Crippen LogP contribution is -2.34. The Labute approximate surface area is 192 Å². The molecule has 162 valence electrons. The van der Waals surface area contributed by atoms with E-state index in [1.165, 1.54) is 4.90 Å². The second-order valence-electron chi connectivity index (χ2n) is 7.56. The van der Waals surface area contributed by atoms with Crippen molar-refractivity contribution in [2.75, 3.05) is 19.0 Å². The third kappa shape index (κ3) is 4.39. The summed E-state index contributed by atoms with van der Waals surface area (Å²) in [6, 6.07) is 22.3. The van der Waals surface area contributed by atoms with Crippen LogP contribution in [0.4, 0.5) is 5.69 Å². The van der Waals surface area contributed by atoms with Gasteiger partial charge in [0.15, 0.2) is 0 Å². The van der Waals surface area contributed by atoms with Gasteiger partial charge in [-0.1, -0.05) is 60.1 Å². The Bertz CT molecular complexity index is 1190. The van der Waals surface area contributed by atoms with Crippen molar-refractivity contribution in [3.05, 3.63) is 100 Å². The van der Waals surface area contributed by atoms with Gasteiger partial charge in [0, 0.05) is 17.3 Å². The van der Waals surface area contributed by atoms with Crippen LogP contribution >= 0.6 is 11.6 Å². The molecule has 0 aliphatic carbocycles. The van der Waals surface area contributed by atoms with Gasteiger partial charge in [-0.3, -0.25) is 14.5 Å². The zero-order valence-electron chi connectivity index (χ0n) is 17.9. The molecule has 0 aromatic heterocycles. The number of methoxy groups -OCH3 is 1. The average molecular weight is 447 g/mol. The molecule has 0 saturated carbocycles. The number of imide groups is 1. The Kier molecular flexibility index (Phi) is 6.28. The van der Waals surface area contributed by atoms with E-state index >= 15 is 0 Å². The van der Waals surface area contributed by atoms with E-state index in [-0.39, 0.29) is 17.5 Å². The maximum Gasteiger partial charge on any atom is 0.278 e. The van der Waals surface area contributed by atoms with Gasteiger partial charge in [0.1, 0.15) is 11.4 Å². The minimum absolute atomic E-state index is 0.249. The van der Waals surface area contributed by atoms with Crippen molar-refractivity contribution >= 4 is 34.7 Å². The van der Waals surface area contributed by atoms with Crippen LogP contribution in [0.2, 0.25) is 5.02 Å². The molecule has 0 radical (unpaired) electrons. The van der Waals surface area contributed by atoms with Crippen LogP contribution in [-0.2, 0) is 16.0 Å². The molecule has 3 aromatic rings. The molecule has 0 saturated heterocycles. The number of rotatable bonds is 7. The van der Waals surface area contributed by atoms with E-state index in [1.807, 2.05) is 43.3 Å². The first kappa shape index (κ1) is 21.7. The van der Waals surface area contributed by atoms with Crippen LogP contribution in [0.15, 0.2) is 78.5 Å². The summed E-state index contributed by atoms with van der Waals surface area (Å²) in [5.74, 6) is 0.00153. The number of amides is 2. The molecular weight excluding hydrogens is 424 g/mol. The Morgan fingerprint density at radius 3 is 2.34 bits per heavy atom. The van der Waals surface area contributed by atoms with Crippen LogP contribution < -0.4 is 10.1 Å². The first-order valence-electron chi connectivity index (χ1n) is 10.3. The summed E-state index contributed by atoms with van der Waals surface area (Å²) in [5, 5.41) is 3.73. The molecule has 0 unspecified atom stereocenters. The first-order valence-corrected chi connectivity index (χ1v) is 10.7. The number of nitrogens with zero attached hydrogens (tertiary/aromatic N) is 1. The maximum atomic E-state index is 13.4. The van der Waals surface area contributed by atoms with Crippen LogP contribution in [0.1, 0.15) is 16.7 Å². The zero-order chi connectivity index (χ0) is 22.7. The third-order valence-electron chi connectivity index (χ3n) is 5.47. The lowest BCUT2D eigenvalue weighted by molar-refractivity contribution is -0.136. The fourth-order valence-corrected chi connectivity index (χ4v) is 3.84. The van der Waals surface area contributed by atoms with Gasteiger partial charge in [-0.25, -0.2) is 0 Å². The Morgan fingerprint density at radius 2 is 1.66 bits per heavy atom. The molecule has 1 heterocycles. The molecule has 3 aromatic carbocycles. The lowest BCUT2D eigenvalue weighted by atomic mass is 10.0. The Morgan fingerprint density at radius 1 is 0.938 bits per heavy atom. The number of benzene rings is 3. The Hall–Kier alpha value is -3.57. The highest BCUT2D eigenvalue weighted by Crippen LogP contribution is 2.33. The number of hydrogen-bond donors (Lipinski definition) is 1. The highest BCUT2D eigenvalue weighted by Gasteiger charge is 2.39. The SMILES string of the molecule is COc1ccc(C2=C(Nc3cc(Cl)ccc3C)C(=O)N(CCc3ccccc3)C2=O)cc1. The molecular formula is C26H23ClN2O3. The topological polar surface area (TPSA) is 58.6 Å². The number of anilines is 1. The van der Waals surface area contributed by atoms with Crippen LogP contribution in [0.5, 0.6) is 5.75 Å². The van der Waals surface area contributed by atoms with Gasteiger partial charge >= 0.3 is 0 Å². The van der Waals surface area contributed by atoms with E-state index in [2.05, 4.69) is 5.32 Å². The predicted molar refractivity (Wildman–Crippen MR) is 127 cm³/mol. The summed E-state index contributed by atoms with van der Waals surface area (Å²) in [6.07, 6.45) is 0.581. The van der Waals surface area contributed by atoms with E-state index in [0.717, 1.165) is 11.1 Å². The monoisotopic (exact) mass is 446 g/mol. The predicted octanol–water partition coefficient (Wildman–Crippen LogP) is 5.09. The van der Waals surface area contributed by atoms with Gasteiger partial charge in [-0.15, -0.1) is 0 Å². The van der Waals surface area contributed by atoms with E-state index in [0.29, 0.717) is 40.6 Å². The Balaban J connectivity index is 1.70. The molecule has 32 heavy (non-hydrogen) atoms. The molecule has 1 N–H and O–H groups in total. The van der Waals surface area contributed by atoms with E-state index < -0.39 is 0 Å². The summed E-state index contributed by atoms with van der Waals surface area (Å²) in [4.78, 5) is 28.1. The quantitative estimate of drug-likeness (QED) is 0.513. The van der Waals surface area contributed by atoms with Gasteiger partial charge in [0.05, 0.1) is 12.7 Å². The minimum Gasteiger partial charge on any atom is -0.497 e. The van der Waals surface area contributed by atoms with E-state index in [4.69, 9.17) is 16.3 Å². The zero-order valence-corrected chi connectivity index (χ0v) is 18.6. The van der Waals surface area contributed by atoms with E-state index in [9.17, 15) is 9.59 Å². The molecule has 1 aliphatic rings. The molecule has 1 aliphatic heterocycles. The number of ether oxygens (including phenoxy) is 1. The van der Waals surface area contributed by atoms with Crippen molar-refractivity contribution in [2.45, 2.75) is 13.3 Å². The summed E-state index contributed by atoms with van der Waals surface area (Å²) >= 11 is 6.17. The number of hydrogen-bond acceptors (Lipinski definition) is 4. The number of carbonyl (C=O) groups is 2. The fourth-order valence-electron chi connectivity index (χ4n) is 3.67. The van der Waals surface area contributed by atoms with Gasteiger partial charge < -0.3 is 10.1 Å². The molecule has 6 heteroatoms. The molecule has 0 fully saturated rings. The number of aryl methyl sites for hydroxylation is 1.